The van der Waals surface area contributed by atoms with Crippen LogP contribution in [0.15, 0.2) is 23.1 Å². The number of hydrogen-bond donors (Lipinski definition) is 1. The topological polar surface area (TPSA) is 80.5 Å². The maximum Gasteiger partial charge on any atom is 0.253 e. The highest BCUT2D eigenvalue weighted by molar-refractivity contribution is 7.89. The van der Waals surface area contributed by atoms with Gasteiger partial charge in [0.15, 0.2) is 0 Å². The van der Waals surface area contributed by atoms with E-state index in [1.165, 1.54) is 23.1 Å². The molecule has 0 unspecified atom stereocenters. The second-order valence-electron chi connectivity index (χ2n) is 5.94. The zero-order chi connectivity index (χ0) is 15.7. The molecule has 1 rings (SSSR count). The molecule has 0 saturated heterocycles. The Labute approximate surface area is 124 Å². The molecule has 0 atom stereocenters. The number of amides is 1. The zero-order valence-electron chi connectivity index (χ0n) is 12.0. The highest BCUT2D eigenvalue weighted by Crippen LogP contribution is 2.21. The third-order valence-corrected chi connectivity index (χ3v) is 3.62. The van der Waals surface area contributed by atoms with Gasteiger partial charge >= 0.3 is 0 Å². The minimum Gasteiger partial charge on any atom is -0.341 e. The molecule has 0 spiro atoms. The van der Waals surface area contributed by atoms with Gasteiger partial charge in [-0.15, -0.1) is 0 Å². The maximum absolute atomic E-state index is 12.3. The average Bonchev–Trinajstić information content (AvgIpc) is 2.23. The Bertz CT molecular complexity index is 621. The number of carbonyl (C=O) groups excluding carboxylic acids is 1. The van der Waals surface area contributed by atoms with Gasteiger partial charge < -0.3 is 4.90 Å². The van der Waals surface area contributed by atoms with Crippen molar-refractivity contribution in [3.05, 3.63) is 28.8 Å². The van der Waals surface area contributed by atoms with Gasteiger partial charge in [0.1, 0.15) is 0 Å². The number of nitrogens with two attached hydrogens (primary N) is 1. The normalized spacial score (nSPS) is 12.3. The van der Waals surface area contributed by atoms with E-state index in [1.54, 1.807) is 7.05 Å². The molecule has 0 fully saturated rings. The lowest BCUT2D eigenvalue weighted by atomic mass is 9.96. The lowest BCUT2D eigenvalue weighted by Crippen LogP contribution is -2.34. The molecule has 0 saturated carbocycles. The third kappa shape index (κ3) is 4.77. The van der Waals surface area contributed by atoms with E-state index in [4.69, 9.17) is 16.7 Å². The fraction of sp³-hybridized carbons (Fsp3) is 0.462. The van der Waals surface area contributed by atoms with Crippen LogP contribution < -0.4 is 5.14 Å². The number of hydrogen-bond acceptors (Lipinski definition) is 3. The fourth-order valence-corrected chi connectivity index (χ4v) is 2.74. The summed E-state index contributed by atoms with van der Waals surface area (Å²) in [7, 11) is -2.24. The van der Waals surface area contributed by atoms with E-state index >= 15 is 0 Å². The van der Waals surface area contributed by atoms with Gasteiger partial charge in [-0.05, 0) is 23.6 Å². The van der Waals surface area contributed by atoms with Crippen LogP contribution in [0.4, 0.5) is 0 Å². The summed E-state index contributed by atoms with van der Waals surface area (Å²) >= 11 is 5.85. The maximum atomic E-state index is 12.3. The molecule has 0 heterocycles. The quantitative estimate of drug-likeness (QED) is 0.926. The molecule has 0 aliphatic heterocycles. The van der Waals surface area contributed by atoms with E-state index < -0.39 is 10.0 Å². The summed E-state index contributed by atoms with van der Waals surface area (Å²) < 4.78 is 22.7. The van der Waals surface area contributed by atoms with Crippen molar-refractivity contribution in [1.29, 1.82) is 0 Å². The van der Waals surface area contributed by atoms with Gasteiger partial charge in [0.2, 0.25) is 10.0 Å². The van der Waals surface area contributed by atoms with Gasteiger partial charge in [-0.25, -0.2) is 13.6 Å². The van der Waals surface area contributed by atoms with E-state index in [-0.39, 0.29) is 26.8 Å². The SMILES string of the molecule is CN(CC(C)(C)C)C(=O)c1cc(Cl)cc(S(N)(=O)=O)c1. The van der Waals surface area contributed by atoms with Crippen LogP contribution in [0.1, 0.15) is 31.1 Å². The van der Waals surface area contributed by atoms with Crippen LogP contribution in [0.5, 0.6) is 0 Å². The van der Waals surface area contributed by atoms with Crippen molar-refractivity contribution in [2.75, 3.05) is 13.6 Å². The van der Waals surface area contributed by atoms with Crippen molar-refractivity contribution >= 4 is 27.5 Å². The summed E-state index contributed by atoms with van der Waals surface area (Å²) in [5.74, 6) is -0.299. The first-order valence-corrected chi connectivity index (χ1v) is 7.91. The van der Waals surface area contributed by atoms with E-state index in [0.29, 0.717) is 6.54 Å². The second kappa shape index (κ2) is 5.71. The van der Waals surface area contributed by atoms with Crippen LogP contribution in [-0.2, 0) is 10.0 Å². The van der Waals surface area contributed by atoms with E-state index in [2.05, 4.69) is 0 Å². The standard InChI is InChI=1S/C13H19ClN2O3S/c1-13(2,3)8-16(4)12(17)9-5-10(14)7-11(6-9)20(15,18)19/h5-7H,8H2,1-4H3,(H2,15,18,19). The number of primary sulfonamides is 1. The third-order valence-electron chi connectivity index (χ3n) is 2.50. The predicted octanol–water partition coefficient (Wildman–Crippen LogP) is 2.11. The van der Waals surface area contributed by atoms with E-state index in [1.807, 2.05) is 20.8 Å². The summed E-state index contributed by atoms with van der Waals surface area (Å²) in [6, 6.07) is 3.89. The molecule has 0 aliphatic carbocycles. The Morgan fingerprint density at radius 3 is 2.30 bits per heavy atom. The van der Waals surface area contributed by atoms with Crippen molar-refractivity contribution in [3.63, 3.8) is 0 Å². The summed E-state index contributed by atoms with van der Waals surface area (Å²) in [6.07, 6.45) is 0. The Balaban J connectivity index is 3.14. The minimum atomic E-state index is -3.90. The molecular formula is C13H19ClN2O3S. The molecule has 1 aromatic rings. The van der Waals surface area contributed by atoms with Crippen molar-refractivity contribution in [3.8, 4) is 0 Å². The molecule has 5 nitrogen and oxygen atoms in total. The van der Waals surface area contributed by atoms with Gasteiger partial charge in [-0.2, -0.15) is 0 Å². The van der Waals surface area contributed by atoms with Gasteiger partial charge in [0, 0.05) is 24.2 Å². The van der Waals surface area contributed by atoms with Crippen molar-refractivity contribution < 1.29 is 13.2 Å². The van der Waals surface area contributed by atoms with Crippen LogP contribution in [0.25, 0.3) is 0 Å². The molecule has 1 amide bonds. The molecule has 0 aliphatic rings. The summed E-state index contributed by atoms with van der Waals surface area (Å²) in [5, 5.41) is 5.22. The zero-order valence-corrected chi connectivity index (χ0v) is 13.5. The van der Waals surface area contributed by atoms with Gasteiger partial charge in [0.05, 0.1) is 4.90 Å². The van der Waals surface area contributed by atoms with Crippen LogP contribution >= 0.6 is 11.6 Å². The summed E-state index contributed by atoms with van der Waals surface area (Å²) in [4.78, 5) is 13.6. The van der Waals surface area contributed by atoms with Crippen LogP contribution in [0, 0.1) is 5.41 Å². The molecule has 2 N–H and O–H groups in total. The number of carbonyl (C=O) groups is 1. The second-order valence-corrected chi connectivity index (χ2v) is 7.94. The first-order valence-electron chi connectivity index (χ1n) is 5.99. The Morgan fingerprint density at radius 2 is 1.85 bits per heavy atom. The van der Waals surface area contributed by atoms with Gasteiger partial charge in [-0.3, -0.25) is 4.79 Å². The smallest absolute Gasteiger partial charge is 0.253 e. The Hall–Kier alpha value is -1.11. The molecular weight excluding hydrogens is 300 g/mol. The van der Waals surface area contributed by atoms with Crippen molar-refractivity contribution in [2.24, 2.45) is 10.6 Å². The number of rotatable bonds is 3. The number of nitrogens with zero attached hydrogens (tertiary/aromatic N) is 1. The summed E-state index contributed by atoms with van der Waals surface area (Å²) in [6.45, 7) is 6.54. The highest BCUT2D eigenvalue weighted by Gasteiger charge is 2.21. The largest absolute Gasteiger partial charge is 0.341 e. The van der Waals surface area contributed by atoms with Crippen LogP contribution in [0.3, 0.4) is 0 Å². The van der Waals surface area contributed by atoms with E-state index in [9.17, 15) is 13.2 Å². The number of sulfonamides is 1. The molecule has 0 bridgehead atoms. The predicted molar refractivity (Wildman–Crippen MR) is 79.2 cm³/mol. The molecule has 112 valence electrons. The van der Waals surface area contributed by atoms with Gasteiger partial charge in [-0.1, -0.05) is 32.4 Å². The fourth-order valence-electron chi connectivity index (χ4n) is 1.85. The monoisotopic (exact) mass is 318 g/mol. The Kier molecular flexibility index (Phi) is 4.84. The lowest BCUT2D eigenvalue weighted by Gasteiger charge is -2.26. The number of halogens is 1. The first kappa shape index (κ1) is 16.9. The molecule has 1 aromatic carbocycles. The number of benzene rings is 1. The van der Waals surface area contributed by atoms with Crippen LogP contribution in [-0.4, -0.2) is 32.8 Å². The molecule has 0 aromatic heterocycles. The van der Waals surface area contributed by atoms with E-state index in [0.717, 1.165) is 0 Å². The summed E-state index contributed by atoms with van der Waals surface area (Å²) in [5.41, 5.74) is 0.138. The lowest BCUT2D eigenvalue weighted by molar-refractivity contribution is 0.0745. The van der Waals surface area contributed by atoms with Crippen molar-refractivity contribution in [2.45, 2.75) is 25.7 Å². The van der Waals surface area contributed by atoms with Crippen molar-refractivity contribution in [1.82, 2.24) is 4.90 Å². The average molecular weight is 319 g/mol. The Morgan fingerprint density at radius 1 is 1.30 bits per heavy atom. The first-order chi connectivity index (χ1) is 8.90. The highest BCUT2D eigenvalue weighted by atomic mass is 35.5. The molecule has 7 heteroatoms. The molecule has 0 radical (unpaired) electrons. The molecule has 20 heavy (non-hydrogen) atoms. The van der Waals surface area contributed by atoms with Gasteiger partial charge in [0.25, 0.3) is 5.91 Å². The minimum absolute atomic E-state index is 0.0637. The van der Waals surface area contributed by atoms with Crippen LogP contribution in [0.2, 0.25) is 5.02 Å².